The average molecular weight is 549 g/mol. The van der Waals surface area contributed by atoms with Gasteiger partial charge >= 0.3 is 0 Å². The van der Waals surface area contributed by atoms with Crippen molar-refractivity contribution < 1.29 is 49.9 Å². The number of amides is 3. The number of hydrogen-bond donors (Lipinski definition) is 10. The van der Waals surface area contributed by atoms with Gasteiger partial charge in [0.1, 0.15) is 24.4 Å². The van der Waals surface area contributed by atoms with E-state index in [1.54, 1.807) is 36.4 Å². The summed E-state index contributed by atoms with van der Waals surface area (Å²) >= 11 is 0. The number of carbonyl (C=O) groups is 3. The fraction of sp³-hybridized carbons (Fsp3) is 0.400. The van der Waals surface area contributed by atoms with Gasteiger partial charge in [-0.25, -0.2) is 5.48 Å². The molecule has 14 nitrogen and oxygen atoms in total. The highest BCUT2D eigenvalue weighted by Crippen LogP contribution is 2.23. The summed E-state index contributed by atoms with van der Waals surface area (Å²) in [5, 5.41) is 65.2. The normalized spacial score (nSPS) is 24.3. The lowest BCUT2D eigenvalue weighted by molar-refractivity contribution is -0.254. The topological polar surface area (TPSA) is 230 Å². The van der Waals surface area contributed by atoms with Crippen LogP contribution in [0, 0.1) is 0 Å². The second-order valence-corrected chi connectivity index (χ2v) is 9.01. The van der Waals surface area contributed by atoms with Gasteiger partial charge in [-0.15, -0.1) is 0 Å². The Bertz CT molecular complexity index is 1130. The third kappa shape index (κ3) is 7.56. The van der Waals surface area contributed by atoms with E-state index in [9.17, 15) is 34.8 Å². The Morgan fingerprint density at radius 3 is 2.08 bits per heavy atom. The van der Waals surface area contributed by atoms with Crippen molar-refractivity contribution in [1.82, 2.24) is 16.1 Å². The van der Waals surface area contributed by atoms with Gasteiger partial charge in [0.2, 0.25) is 5.91 Å². The number of hydroxylamine groups is 1. The third-order valence-corrected chi connectivity index (χ3v) is 6.21. The van der Waals surface area contributed by atoms with Gasteiger partial charge in [0.05, 0.1) is 25.3 Å². The number of aliphatic hydroxyl groups excluding tert-OH is 5. The SMILES string of the molecule is C[C@@H](O)[C@H](NC(=O)c1ccc(-c2ccc(NC(=O)CN[C@H]3C(O)O[C@H](CO)[C@@H](O)[C@@H]3O)cc2)cc1)C(=O)NO. The lowest BCUT2D eigenvalue weighted by Crippen LogP contribution is -2.63. The molecular weight excluding hydrogens is 516 g/mol. The largest absolute Gasteiger partial charge is 0.394 e. The third-order valence-electron chi connectivity index (χ3n) is 6.21. The highest BCUT2D eigenvalue weighted by Gasteiger charge is 2.43. The zero-order chi connectivity index (χ0) is 28.7. The summed E-state index contributed by atoms with van der Waals surface area (Å²) in [4.78, 5) is 36.4. The van der Waals surface area contributed by atoms with Crippen LogP contribution in [0.1, 0.15) is 17.3 Å². The average Bonchev–Trinajstić information content (AvgIpc) is 2.93. The van der Waals surface area contributed by atoms with Crippen molar-refractivity contribution in [2.45, 2.75) is 49.7 Å². The van der Waals surface area contributed by atoms with Crippen LogP contribution in [0.25, 0.3) is 11.1 Å². The predicted molar refractivity (Wildman–Crippen MR) is 135 cm³/mol. The van der Waals surface area contributed by atoms with Crippen LogP contribution in [-0.2, 0) is 14.3 Å². The number of carbonyl (C=O) groups excluding carboxylic acids is 3. The van der Waals surface area contributed by atoms with Crippen LogP contribution in [0.5, 0.6) is 0 Å². The number of hydrogen-bond acceptors (Lipinski definition) is 11. The van der Waals surface area contributed by atoms with Crippen LogP contribution in [0.2, 0.25) is 0 Å². The highest BCUT2D eigenvalue weighted by molar-refractivity contribution is 5.98. The molecule has 7 atom stereocenters. The molecule has 0 radical (unpaired) electrons. The second kappa shape index (κ2) is 13.5. The lowest BCUT2D eigenvalue weighted by atomic mass is 9.97. The second-order valence-electron chi connectivity index (χ2n) is 9.01. The maximum absolute atomic E-state index is 12.4. The van der Waals surface area contributed by atoms with Gasteiger partial charge in [-0.05, 0) is 42.3 Å². The Morgan fingerprint density at radius 1 is 0.949 bits per heavy atom. The summed E-state index contributed by atoms with van der Waals surface area (Å²) in [5.74, 6) is -2.06. The van der Waals surface area contributed by atoms with Crippen molar-refractivity contribution in [3.05, 3.63) is 54.1 Å². The van der Waals surface area contributed by atoms with E-state index in [2.05, 4.69) is 16.0 Å². The van der Waals surface area contributed by atoms with E-state index < -0.39 is 67.1 Å². The van der Waals surface area contributed by atoms with Gasteiger partial charge in [-0.3, -0.25) is 24.9 Å². The van der Waals surface area contributed by atoms with Crippen LogP contribution in [0.4, 0.5) is 5.69 Å². The number of anilines is 1. The van der Waals surface area contributed by atoms with Crippen LogP contribution in [0.3, 0.4) is 0 Å². The number of rotatable bonds is 10. The molecule has 0 spiro atoms. The Morgan fingerprint density at radius 2 is 1.54 bits per heavy atom. The molecule has 1 saturated heterocycles. The Balaban J connectivity index is 1.54. The Hall–Kier alpha value is -3.47. The minimum atomic E-state index is -1.54. The van der Waals surface area contributed by atoms with Crippen LogP contribution in [-0.4, -0.2) is 104 Å². The maximum atomic E-state index is 12.4. The first-order valence-corrected chi connectivity index (χ1v) is 12.0. The Labute approximate surface area is 223 Å². The minimum Gasteiger partial charge on any atom is -0.394 e. The molecule has 1 heterocycles. The van der Waals surface area contributed by atoms with E-state index in [-0.39, 0.29) is 12.1 Å². The maximum Gasteiger partial charge on any atom is 0.268 e. The summed E-state index contributed by atoms with van der Waals surface area (Å²) in [6, 6.07) is 10.7. The molecule has 14 heteroatoms. The van der Waals surface area contributed by atoms with Crippen LogP contribution in [0.15, 0.2) is 48.5 Å². The van der Waals surface area contributed by atoms with Gasteiger partial charge in [0.15, 0.2) is 6.29 Å². The molecule has 3 amide bonds. The van der Waals surface area contributed by atoms with Gasteiger partial charge in [0.25, 0.3) is 11.8 Å². The first kappa shape index (κ1) is 30.1. The van der Waals surface area contributed by atoms with E-state index in [4.69, 9.17) is 15.1 Å². The van der Waals surface area contributed by atoms with Gasteiger partial charge in [-0.1, -0.05) is 24.3 Å². The molecule has 0 aliphatic carbocycles. The fourth-order valence-corrected chi connectivity index (χ4v) is 3.99. The van der Waals surface area contributed by atoms with Crippen molar-refractivity contribution >= 4 is 23.4 Å². The molecule has 1 aliphatic heterocycles. The summed E-state index contributed by atoms with van der Waals surface area (Å²) < 4.78 is 5.04. The van der Waals surface area contributed by atoms with Gasteiger partial charge in [0, 0.05) is 11.3 Å². The predicted octanol–water partition coefficient (Wildman–Crippen LogP) is -2.33. The molecule has 0 aromatic heterocycles. The molecule has 0 bridgehead atoms. The molecule has 3 rings (SSSR count). The van der Waals surface area contributed by atoms with Crippen molar-refractivity contribution in [1.29, 1.82) is 0 Å². The van der Waals surface area contributed by atoms with Crippen molar-refractivity contribution in [3.8, 4) is 11.1 Å². The quantitative estimate of drug-likeness (QED) is 0.112. The van der Waals surface area contributed by atoms with Crippen molar-refractivity contribution in [2.75, 3.05) is 18.5 Å². The summed E-state index contributed by atoms with van der Waals surface area (Å²) in [7, 11) is 0. The number of aliphatic hydroxyl groups is 5. The molecule has 10 N–H and O–H groups in total. The number of nitrogens with one attached hydrogen (secondary N) is 4. The van der Waals surface area contributed by atoms with Gasteiger partial charge < -0.3 is 40.9 Å². The molecule has 2 aromatic carbocycles. The lowest BCUT2D eigenvalue weighted by Gasteiger charge is -2.40. The minimum absolute atomic E-state index is 0.226. The van der Waals surface area contributed by atoms with Gasteiger partial charge in [-0.2, -0.15) is 0 Å². The fourth-order valence-electron chi connectivity index (χ4n) is 3.99. The molecule has 2 aromatic rings. The molecule has 39 heavy (non-hydrogen) atoms. The molecule has 1 aliphatic rings. The van der Waals surface area contributed by atoms with E-state index in [0.717, 1.165) is 11.1 Å². The molecular formula is C25H32N4O10. The zero-order valence-electron chi connectivity index (χ0n) is 20.9. The standard InChI is InChI=1S/C25H32N4O10/c1-12(31)19(24(36)29-38)28-23(35)15-4-2-13(3-5-15)14-6-8-16(9-7-14)27-18(32)10-26-20-22(34)21(33)17(11-30)39-25(20)37/h2-9,12,17,19-22,25-26,30-31,33-34,37-38H,10-11H2,1H3,(H,27,32)(H,28,35)(H,29,36)/t12-,17-,19+,20-,21-,22-,25?/m1/s1. The summed E-state index contributed by atoms with van der Waals surface area (Å²) in [6.45, 7) is 0.402. The molecule has 212 valence electrons. The Kier molecular flexibility index (Phi) is 10.4. The highest BCUT2D eigenvalue weighted by atomic mass is 16.6. The van der Waals surface area contributed by atoms with E-state index in [1.807, 2.05) is 0 Å². The summed E-state index contributed by atoms with van der Waals surface area (Å²) in [6.07, 6.45) is -6.82. The monoisotopic (exact) mass is 548 g/mol. The van der Waals surface area contributed by atoms with E-state index in [0.29, 0.717) is 5.69 Å². The zero-order valence-corrected chi connectivity index (χ0v) is 20.9. The molecule has 1 unspecified atom stereocenters. The molecule has 1 fully saturated rings. The van der Waals surface area contributed by atoms with E-state index in [1.165, 1.54) is 24.5 Å². The van der Waals surface area contributed by atoms with Crippen LogP contribution >= 0.6 is 0 Å². The number of benzene rings is 2. The smallest absolute Gasteiger partial charge is 0.268 e. The summed E-state index contributed by atoms with van der Waals surface area (Å²) in [5.41, 5.74) is 3.62. The number of ether oxygens (including phenoxy) is 1. The van der Waals surface area contributed by atoms with E-state index >= 15 is 0 Å². The first-order chi connectivity index (χ1) is 18.5. The van der Waals surface area contributed by atoms with Crippen molar-refractivity contribution in [2.24, 2.45) is 0 Å². The molecule has 0 saturated carbocycles. The van der Waals surface area contributed by atoms with Crippen molar-refractivity contribution in [3.63, 3.8) is 0 Å². The van der Waals surface area contributed by atoms with Crippen LogP contribution < -0.4 is 21.4 Å². The first-order valence-electron chi connectivity index (χ1n) is 12.0.